The van der Waals surface area contributed by atoms with Crippen molar-refractivity contribution in [1.82, 2.24) is 4.98 Å². The number of hydrogen-bond acceptors (Lipinski definition) is 3. The Bertz CT molecular complexity index is 333. The van der Waals surface area contributed by atoms with Crippen LogP contribution in [0.4, 0.5) is 11.6 Å². The lowest BCUT2D eigenvalue weighted by Crippen LogP contribution is -2.10. The van der Waals surface area contributed by atoms with E-state index in [1.165, 1.54) is 6.42 Å². The zero-order valence-electron chi connectivity index (χ0n) is 8.96. The molecule has 1 unspecified atom stereocenters. The minimum Gasteiger partial charge on any atom is -0.373 e. The number of nitrogens with zero attached hydrogens (tertiary/aromatic N) is 1. The molecule has 2 N–H and O–H groups in total. The van der Waals surface area contributed by atoms with Crippen LogP contribution >= 0.6 is 0 Å². The first-order chi connectivity index (χ1) is 6.62. The highest BCUT2D eigenvalue weighted by Crippen LogP contribution is 2.46. The van der Waals surface area contributed by atoms with E-state index in [2.05, 4.69) is 29.5 Å². The highest BCUT2D eigenvalue weighted by molar-refractivity contribution is 5.46. The molecule has 1 atom stereocenters. The van der Waals surface area contributed by atoms with Crippen LogP contribution in [-0.4, -0.2) is 18.1 Å². The van der Waals surface area contributed by atoms with E-state index in [1.807, 2.05) is 25.2 Å². The topological polar surface area (TPSA) is 37.0 Å². The maximum absolute atomic E-state index is 4.41. The second kappa shape index (κ2) is 3.15. The van der Waals surface area contributed by atoms with Crippen molar-refractivity contribution in [1.29, 1.82) is 0 Å². The lowest BCUT2D eigenvalue weighted by Gasteiger charge is -2.08. The fourth-order valence-corrected chi connectivity index (χ4v) is 1.55. The summed E-state index contributed by atoms with van der Waals surface area (Å²) in [5.41, 5.74) is 0.442. The van der Waals surface area contributed by atoms with E-state index in [9.17, 15) is 0 Å². The van der Waals surface area contributed by atoms with Crippen molar-refractivity contribution >= 4 is 11.6 Å². The fraction of sp³-hybridized carbons (Fsp3) is 0.545. The molecule has 0 bridgehead atoms. The maximum Gasteiger partial charge on any atom is 0.128 e. The Morgan fingerprint density at radius 2 is 2.00 bits per heavy atom. The lowest BCUT2D eigenvalue weighted by atomic mass is 10.2. The van der Waals surface area contributed by atoms with Crippen molar-refractivity contribution in [2.45, 2.75) is 26.3 Å². The van der Waals surface area contributed by atoms with Crippen molar-refractivity contribution in [3.05, 3.63) is 18.2 Å². The van der Waals surface area contributed by atoms with Gasteiger partial charge < -0.3 is 10.6 Å². The molecule has 0 radical (unpaired) electrons. The molecule has 1 fully saturated rings. The average molecular weight is 191 g/mol. The number of nitrogens with one attached hydrogen (secondary N) is 2. The standard InChI is InChI=1S/C11H17N3/c1-11(2)7-8(11)13-10-6-4-5-9(12-3)14-10/h4-6,8H,7H2,1-3H3,(H2,12,13,14). The van der Waals surface area contributed by atoms with Crippen LogP contribution in [0.1, 0.15) is 20.3 Å². The van der Waals surface area contributed by atoms with Crippen LogP contribution in [-0.2, 0) is 0 Å². The molecule has 1 aliphatic rings. The zero-order valence-corrected chi connectivity index (χ0v) is 8.96. The van der Waals surface area contributed by atoms with Gasteiger partial charge >= 0.3 is 0 Å². The maximum atomic E-state index is 4.41. The monoisotopic (exact) mass is 191 g/mol. The second-order valence-electron chi connectivity index (χ2n) is 4.55. The first-order valence-electron chi connectivity index (χ1n) is 5.03. The van der Waals surface area contributed by atoms with Crippen LogP contribution < -0.4 is 10.6 Å². The number of anilines is 2. The van der Waals surface area contributed by atoms with Crippen molar-refractivity contribution < 1.29 is 0 Å². The Morgan fingerprint density at radius 3 is 2.57 bits per heavy atom. The zero-order chi connectivity index (χ0) is 10.2. The molecule has 1 saturated carbocycles. The molecular weight excluding hydrogens is 174 g/mol. The van der Waals surface area contributed by atoms with Crippen molar-refractivity contribution in [3.63, 3.8) is 0 Å². The summed E-state index contributed by atoms with van der Waals surface area (Å²) in [6, 6.07) is 6.57. The molecule has 0 aliphatic heterocycles. The van der Waals surface area contributed by atoms with E-state index < -0.39 is 0 Å². The quantitative estimate of drug-likeness (QED) is 0.770. The number of hydrogen-bond donors (Lipinski definition) is 2. The van der Waals surface area contributed by atoms with Gasteiger partial charge in [-0.25, -0.2) is 4.98 Å². The van der Waals surface area contributed by atoms with E-state index in [1.54, 1.807) is 0 Å². The Kier molecular flexibility index (Phi) is 2.10. The molecule has 3 heteroatoms. The summed E-state index contributed by atoms with van der Waals surface area (Å²) in [5.74, 6) is 1.88. The van der Waals surface area contributed by atoms with Crippen LogP contribution in [0.25, 0.3) is 0 Å². The van der Waals surface area contributed by atoms with Crippen LogP contribution in [0.2, 0.25) is 0 Å². The summed E-state index contributed by atoms with van der Waals surface area (Å²) in [6.45, 7) is 4.54. The SMILES string of the molecule is CNc1cccc(NC2CC2(C)C)n1. The predicted molar refractivity (Wildman–Crippen MR) is 59.6 cm³/mol. The van der Waals surface area contributed by atoms with E-state index in [0.717, 1.165) is 11.6 Å². The molecule has 0 saturated heterocycles. The predicted octanol–water partition coefficient (Wildman–Crippen LogP) is 2.33. The number of pyridine rings is 1. The van der Waals surface area contributed by atoms with E-state index >= 15 is 0 Å². The van der Waals surface area contributed by atoms with E-state index in [-0.39, 0.29) is 0 Å². The number of aromatic nitrogens is 1. The molecule has 76 valence electrons. The third-order valence-corrected chi connectivity index (χ3v) is 2.84. The molecule has 1 aromatic rings. The molecule has 1 heterocycles. The Labute approximate surface area is 84.9 Å². The molecule has 2 rings (SSSR count). The second-order valence-corrected chi connectivity index (χ2v) is 4.55. The van der Waals surface area contributed by atoms with Gasteiger partial charge in [-0.15, -0.1) is 0 Å². The number of rotatable bonds is 3. The molecule has 1 aromatic heterocycles. The lowest BCUT2D eigenvalue weighted by molar-refractivity contribution is 0.630. The average Bonchev–Trinajstić information content (AvgIpc) is 2.74. The molecule has 1 aliphatic carbocycles. The molecule has 0 aromatic carbocycles. The third kappa shape index (κ3) is 1.81. The van der Waals surface area contributed by atoms with Gasteiger partial charge in [-0.3, -0.25) is 0 Å². The smallest absolute Gasteiger partial charge is 0.128 e. The molecular formula is C11H17N3. The Morgan fingerprint density at radius 1 is 1.36 bits per heavy atom. The highest BCUT2D eigenvalue weighted by atomic mass is 15.1. The fourth-order valence-electron chi connectivity index (χ4n) is 1.55. The molecule has 0 spiro atoms. The summed E-state index contributed by atoms with van der Waals surface area (Å²) in [5, 5.41) is 6.46. The van der Waals surface area contributed by atoms with Gasteiger partial charge in [0.15, 0.2) is 0 Å². The van der Waals surface area contributed by atoms with E-state index in [4.69, 9.17) is 0 Å². The van der Waals surface area contributed by atoms with Gasteiger partial charge in [-0.2, -0.15) is 0 Å². The summed E-state index contributed by atoms with van der Waals surface area (Å²) in [4.78, 5) is 4.41. The third-order valence-electron chi connectivity index (χ3n) is 2.84. The summed E-state index contributed by atoms with van der Waals surface area (Å²) < 4.78 is 0. The molecule has 0 amide bonds. The Hall–Kier alpha value is -1.25. The minimum absolute atomic E-state index is 0.442. The summed E-state index contributed by atoms with van der Waals surface area (Å²) in [7, 11) is 1.88. The van der Waals surface area contributed by atoms with Gasteiger partial charge in [0.2, 0.25) is 0 Å². The van der Waals surface area contributed by atoms with Crippen molar-refractivity contribution in [2.75, 3.05) is 17.7 Å². The van der Waals surface area contributed by atoms with Crippen molar-refractivity contribution in [2.24, 2.45) is 5.41 Å². The molecule has 3 nitrogen and oxygen atoms in total. The Balaban J connectivity index is 2.03. The van der Waals surface area contributed by atoms with E-state index in [0.29, 0.717) is 11.5 Å². The highest BCUT2D eigenvalue weighted by Gasteiger charge is 2.45. The summed E-state index contributed by atoms with van der Waals surface area (Å²) >= 11 is 0. The minimum atomic E-state index is 0.442. The van der Waals surface area contributed by atoms with Crippen LogP contribution in [0.5, 0.6) is 0 Å². The first-order valence-corrected chi connectivity index (χ1v) is 5.03. The van der Waals surface area contributed by atoms with Gasteiger partial charge in [-0.1, -0.05) is 19.9 Å². The van der Waals surface area contributed by atoms with Crippen LogP contribution in [0.3, 0.4) is 0 Å². The first kappa shape index (κ1) is 9.31. The van der Waals surface area contributed by atoms with Gasteiger partial charge in [0, 0.05) is 13.1 Å². The van der Waals surface area contributed by atoms with Gasteiger partial charge in [0.05, 0.1) is 0 Å². The summed E-state index contributed by atoms with van der Waals surface area (Å²) in [6.07, 6.45) is 1.23. The van der Waals surface area contributed by atoms with Crippen LogP contribution in [0.15, 0.2) is 18.2 Å². The van der Waals surface area contributed by atoms with Crippen LogP contribution in [0, 0.1) is 5.41 Å². The largest absolute Gasteiger partial charge is 0.373 e. The van der Waals surface area contributed by atoms with Gasteiger partial charge in [0.25, 0.3) is 0 Å². The van der Waals surface area contributed by atoms with Gasteiger partial charge in [0.1, 0.15) is 11.6 Å². The normalized spacial score (nSPS) is 22.9. The molecule has 14 heavy (non-hydrogen) atoms. The van der Waals surface area contributed by atoms with Crippen molar-refractivity contribution in [3.8, 4) is 0 Å². The van der Waals surface area contributed by atoms with Gasteiger partial charge in [-0.05, 0) is 24.0 Å².